The molecule has 0 aromatic heterocycles. The molecule has 0 unspecified atom stereocenters. The summed E-state index contributed by atoms with van der Waals surface area (Å²) in [4.78, 5) is 22.5. The van der Waals surface area contributed by atoms with Gasteiger partial charge in [-0.15, -0.1) is 0 Å². The summed E-state index contributed by atoms with van der Waals surface area (Å²) in [5.74, 6) is 0.369. The minimum Gasteiger partial charge on any atom is -0.299 e. The highest BCUT2D eigenvalue weighted by Gasteiger charge is 2.24. The Kier molecular flexibility index (Phi) is 4.53. The summed E-state index contributed by atoms with van der Waals surface area (Å²) in [6, 6.07) is 4.62. The molecule has 19 heavy (non-hydrogen) atoms. The van der Waals surface area contributed by atoms with Crippen molar-refractivity contribution in [1.29, 1.82) is 0 Å². The normalized spacial score (nSPS) is 15.6. The highest BCUT2D eigenvalue weighted by molar-refractivity contribution is 6.31. The van der Waals surface area contributed by atoms with E-state index in [1.54, 1.807) is 12.1 Å². The number of benzene rings is 1. The lowest BCUT2D eigenvalue weighted by Gasteiger charge is -2.08. The zero-order valence-electron chi connectivity index (χ0n) is 10.6. The van der Waals surface area contributed by atoms with Crippen molar-refractivity contribution in [3.63, 3.8) is 0 Å². The maximum Gasteiger partial charge on any atom is 0.274 e. The first-order chi connectivity index (χ1) is 9.09. The maximum atomic E-state index is 12.0. The summed E-state index contributed by atoms with van der Waals surface area (Å²) >= 11 is 6.00. The minimum absolute atomic E-state index is 0.00622. The maximum absolute atomic E-state index is 12.0. The van der Waals surface area contributed by atoms with Crippen molar-refractivity contribution >= 4 is 23.1 Å². The topological polar surface area (TPSA) is 60.2 Å². The van der Waals surface area contributed by atoms with E-state index in [9.17, 15) is 14.9 Å². The molecule has 1 aromatic carbocycles. The number of halogens is 1. The van der Waals surface area contributed by atoms with E-state index in [-0.39, 0.29) is 17.4 Å². The summed E-state index contributed by atoms with van der Waals surface area (Å²) in [5.41, 5.74) is 0.479. The van der Waals surface area contributed by atoms with Gasteiger partial charge in [-0.2, -0.15) is 0 Å². The molecule has 1 fully saturated rings. The van der Waals surface area contributed by atoms with Crippen molar-refractivity contribution in [3.05, 3.63) is 38.9 Å². The van der Waals surface area contributed by atoms with Crippen LogP contribution in [0.2, 0.25) is 5.02 Å². The number of carbonyl (C=O) groups is 1. The zero-order chi connectivity index (χ0) is 13.8. The molecule has 5 heteroatoms. The van der Waals surface area contributed by atoms with E-state index < -0.39 is 4.92 Å². The van der Waals surface area contributed by atoms with E-state index >= 15 is 0 Å². The molecule has 1 aromatic rings. The summed E-state index contributed by atoms with van der Waals surface area (Å²) in [5, 5.41) is 11.3. The van der Waals surface area contributed by atoms with Crippen molar-refractivity contribution in [2.75, 3.05) is 0 Å². The van der Waals surface area contributed by atoms with Gasteiger partial charge in [-0.25, -0.2) is 0 Å². The van der Waals surface area contributed by atoms with Gasteiger partial charge in [-0.05, 0) is 25.3 Å². The Hall–Kier alpha value is -1.42. The van der Waals surface area contributed by atoms with Gasteiger partial charge in [0, 0.05) is 24.0 Å². The third-order valence-corrected chi connectivity index (χ3v) is 4.08. The van der Waals surface area contributed by atoms with Gasteiger partial charge in [-0.1, -0.05) is 30.5 Å². The average Bonchev–Trinajstić information content (AvgIpc) is 2.90. The number of rotatable bonds is 5. The molecule has 0 bridgehead atoms. The van der Waals surface area contributed by atoms with Crippen LogP contribution in [-0.4, -0.2) is 10.7 Å². The Bertz CT molecular complexity index is 495. The molecule has 0 atom stereocenters. The number of carbonyl (C=O) groups excluding carboxylic acids is 1. The lowest BCUT2D eigenvalue weighted by molar-refractivity contribution is -0.385. The molecule has 0 saturated heterocycles. The Morgan fingerprint density at radius 2 is 2.05 bits per heavy atom. The van der Waals surface area contributed by atoms with Gasteiger partial charge in [0.15, 0.2) is 0 Å². The van der Waals surface area contributed by atoms with Crippen molar-refractivity contribution < 1.29 is 9.72 Å². The molecule has 1 saturated carbocycles. The van der Waals surface area contributed by atoms with Crippen LogP contribution in [0.15, 0.2) is 18.2 Å². The van der Waals surface area contributed by atoms with Crippen molar-refractivity contribution in [3.8, 4) is 0 Å². The van der Waals surface area contributed by atoms with Crippen LogP contribution in [0.4, 0.5) is 5.69 Å². The van der Waals surface area contributed by atoms with Crippen LogP contribution in [0.5, 0.6) is 0 Å². The van der Waals surface area contributed by atoms with Crippen LogP contribution in [0.1, 0.15) is 37.7 Å². The second-order valence-corrected chi connectivity index (χ2v) is 5.35. The molecule has 0 heterocycles. The number of nitrogens with zero attached hydrogens (tertiary/aromatic N) is 1. The van der Waals surface area contributed by atoms with Gasteiger partial charge >= 0.3 is 0 Å². The summed E-state index contributed by atoms with van der Waals surface area (Å²) in [7, 11) is 0. The Morgan fingerprint density at radius 1 is 1.37 bits per heavy atom. The Morgan fingerprint density at radius 3 is 2.68 bits per heavy atom. The number of nitro benzene ring substituents is 1. The zero-order valence-corrected chi connectivity index (χ0v) is 11.4. The molecular weight excluding hydrogens is 266 g/mol. The van der Waals surface area contributed by atoms with Crippen molar-refractivity contribution in [2.24, 2.45) is 5.92 Å². The van der Waals surface area contributed by atoms with E-state index in [0.717, 1.165) is 25.7 Å². The highest BCUT2D eigenvalue weighted by Crippen LogP contribution is 2.30. The van der Waals surface area contributed by atoms with E-state index in [1.165, 1.54) is 6.07 Å². The van der Waals surface area contributed by atoms with Gasteiger partial charge in [-0.3, -0.25) is 14.9 Å². The fraction of sp³-hybridized carbons (Fsp3) is 0.500. The van der Waals surface area contributed by atoms with E-state index in [1.807, 2.05) is 0 Å². The molecular formula is C14H16ClNO3. The first kappa shape index (κ1) is 14.0. The fourth-order valence-electron chi connectivity index (χ4n) is 2.67. The van der Waals surface area contributed by atoms with Crippen LogP contribution < -0.4 is 0 Å². The van der Waals surface area contributed by atoms with Crippen molar-refractivity contribution in [2.45, 2.75) is 38.5 Å². The van der Waals surface area contributed by atoms with Gasteiger partial charge in [0.05, 0.1) is 9.95 Å². The Balaban J connectivity index is 2.06. The van der Waals surface area contributed by atoms with Gasteiger partial charge < -0.3 is 0 Å². The second-order valence-electron chi connectivity index (χ2n) is 4.94. The van der Waals surface area contributed by atoms with Crippen LogP contribution in [-0.2, 0) is 11.2 Å². The first-order valence-electron chi connectivity index (χ1n) is 6.54. The third kappa shape index (κ3) is 3.32. The third-order valence-electron chi connectivity index (χ3n) is 3.72. The standard InChI is InChI=1S/C14H16ClNO3/c15-12-6-3-7-13(16(18)19)11(12)8-9-14(17)10-4-1-2-5-10/h3,6-7,10H,1-2,4-5,8-9H2. The number of nitro groups is 1. The monoisotopic (exact) mass is 281 g/mol. The second kappa shape index (κ2) is 6.15. The predicted molar refractivity (Wildman–Crippen MR) is 73.4 cm³/mol. The van der Waals surface area contributed by atoms with Crippen LogP contribution in [0.25, 0.3) is 0 Å². The number of hydrogen-bond acceptors (Lipinski definition) is 3. The molecule has 4 nitrogen and oxygen atoms in total. The highest BCUT2D eigenvalue weighted by atomic mass is 35.5. The SMILES string of the molecule is O=C(CCc1c(Cl)cccc1[N+](=O)[O-])C1CCCC1. The van der Waals surface area contributed by atoms with E-state index in [0.29, 0.717) is 23.4 Å². The lowest BCUT2D eigenvalue weighted by Crippen LogP contribution is -2.12. The van der Waals surface area contributed by atoms with Crippen LogP contribution in [0.3, 0.4) is 0 Å². The molecule has 1 aliphatic rings. The molecule has 1 aliphatic carbocycles. The van der Waals surface area contributed by atoms with Gasteiger partial charge in [0.1, 0.15) is 5.78 Å². The summed E-state index contributed by atoms with van der Waals surface area (Å²) in [6.45, 7) is 0. The molecule has 0 radical (unpaired) electrons. The smallest absolute Gasteiger partial charge is 0.274 e. The molecule has 102 valence electrons. The van der Waals surface area contributed by atoms with Gasteiger partial charge in [0.25, 0.3) is 5.69 Å². The summed E-state index contributed by atoms with van der Waals surface area (Å²) in [6.07, 6.45) is 4.85. The Labute approximate surface area is 116 Å². The molecule has 0 spiro atoms. The van der Waals surface area contributed by atoms with Crippen molar-refractivity contribution in [1.82, 2.24) is 0 Å². The largest absolute Gasteiger partial charge is 0.299 e. The first-order valence-corrected chi connectivity index (χ1v) is 6.92. The molecule has 0 N–H and O–H groups in total. The quantitative estimate of drug-likeness (QED) is 0.607. The summed E-state index contributed by atoms with van der Waals surface area (Å²) < 4.78 is 0. The average molecular weight is 282 g/mol. The number of ketones is 1. The van der Waals surface area contributed by atoms with E-state index in [4.69, 9.17) is 11.6 Å². The molecule has 0 aliphatic heterocycles. The lowest BCUT2D eigenvalue weighted by atomic mass is 9.96. The number of Topliss-reactive ketones (excluding diaryl/α,β-unsaturated/α-hetero) is 1. The van der Waals surface area contributed by atoms with Crippen LogP contribution >= 0.6 is 11.6 Å². The van der Waals surface area contributed by atoms with E-state index in [2.05, 4.69) is 0 Å². The molecule has 2 rings (SSSR count). The van der Waals surface area contributed by atoms with Crippen LogP contribution in [0, 0.1) is 16.0 Å². The molecule has 0 amide bonds. The minimum atomic E-state index is -0.443. The number of hydrogen-bond donors (Lipinski definition) is 0. The van der Waals surface area contributed by atoms with Gasteiger partial charge in [0.2, 0.25) is 0 Å². The fourth-order valence-corrected chi connectivity index (χ4v) is 2.93. The predicted octanol–water partition coefficient (Wildman–Crippen LogP) is 3.94.